The number of carbonyl (C=O) groups is 2. The molecule has 1 atom stereocenters. The Morgan fingerprint density at radius 2 is 1.67 bits per heavy atom. The van der Waals surface area contributed by atoms with Crippen molar-refractivity contribution in [2.75, 3.05) is 19.5 Å². The van der Waals surface area contributed by atoms with Gasteiger partial charge in [0, 0.05) is 18.2 Å². The molecule has 5 rings (SSSR count). The molecule has 9 nitrogen and oxygen atoms in total. The number of rotatable bonds is 10. The lowest BCUT2D eigenvalue weighted by Crippen LogP contribution is -2.42. The molecule has 1 heterocycles. The lowest BCUT2D eigenvalue weighted by atomic mass is 10.0. The highest BCUT2D eigenvalue weighted by Crippen LogP contribution is 2.32. The predicted molar refractivity (Wildman–Crippen MR) is 152 cm³/mol. The molecule has 1 aromatic heterocycles. The molecule has 0 fully saturated rings. The number of carbonyl (C=O) groups excluding carboxylic acids is 2. The maximum Gasteiger partial charge on any atom is 0.251 e. The third-order valence-electron chi connectivity index (χ3n) is 6.74. The molecule has 42 heavy (non-hydrogen) atoms. The Morgan fingerprint density at radius 1 is 0.929 bits per heavy atom. The summed E-state index contributed by atoms with van der Waals surface area (Å²) in [6.45, 7) is -0.543. The van der Waals surface area contributed by atoms with Crippen LogP contribution in [-0.2, 0) is 22.7 Å². The SMILES string of the molecule is COc1ccc(NC(=O)C(c2ccc(F)cc2)N(Cc2ccccc2F)C(=O)Cn2nnc3ccccc32)c(OC)c1. The third kappa shape index (κ3) is 6.04. The van der Waals surface area contributed by atoms with Gasteiger partial charge < -0.3 is 19.7 Å². The highest BCUT2D eigenvalue weighted by Gasteiger charge is 2.33. The fourth-order valence-corrected chi connectivity index (χ4v) is 4.61. The lowest BCUT2D eigenvalue weighted by molar-refractivity contribution is -0.140. The Labute approximate surface area is 240 Å². The number of ether oxygens (including phenoxy) is 2. The number of nitrogens with zero attached hydrogens (tertiary/aromatic N) is 4. The van der Waals surface area contributed by atoms with Crippen molar-refractivity contribution in [2.45, 2.75) is 19.1 Å². The van der Waals surface area contributed by atoms with Gasteiger partial charge in [-0.1, -0.05) is 47.7 Å². The van der Waals surface area contributed by atoms with E-state index in [1.54, 1.807) is 48.5 Å². The van der Waals surface area contributed by atoms with E-state index in [0.717, 1.165) is 0 Å². The van der Waals surface area contributed by atoms with Crippen molar-refractivity contribution >= 4 is 28.5 Å². The molecular formula is C31H27F2N5O4. The van der Waals surface area contributed by atoms with Crippen molar-refractivity contribution < 1.29 is 27.8 Å². The van der Waals surface area contributed by atoms with E-state index in [0.29, 0.717) is 33.8 Å². The molecule has 11 heteroatoms. The summed E-state index contributed by atoms with van der Waals surface area (Å²) in [4.78, 5) is 29.3. The highest BCUT2D eigenvalue weighted by molar-refractivity contribution is 5.99. The van der Waals surface area contributed by atoms with E-state index in [2.05, 4.69) is 15.6 Å². The minimum atomic E-state index is -1.29. The van der Waals surface area contributed by atoms with Gasteiger partial charge in [-0.15, -0.1) is 5.10 Å². The van der Waals surface area contributed by atoms with Crippen molar-refractivity contribution in [1.29, 1.82) is 0 Å². The molecule has 0 saturated heterocycles. The average molecular weight is 572 g/mol. The van der Waals surface area contributed by atoms with Gasteiger partial charge in [0.2, 0.25) is 5.91 Å². The van der Waals surface area contributed by atoms with Crippen molar-refractivity contribution in [3.05, 3.63) is 114 Å². The summed E-state index contributed by atoms with van der Waals surface area (Å²) >= 11 is 0. The van der Waals surface area contributed by atoms with Crippen molar-refractivity contribution in [3.8, 4) is 11.5 Å². The van der Waals surface area contributed by atoms with Gasteiger partial charge in [-0.25, -0.2) is 13.5 Å². The minimum absolute atomic E-state index is 0.191. The number of nitrogens with one attached hydrogen (secondary N) is 1. The first-order valence-corrected chi connectivity index (χ1v) is 13.0. The molecule has 2 amide bonds. The molecule has 1 N–H and O–H groups in total. The van der Waals surface area contributed by atoms with Crippen LogP contribution < -0.4 is 14.8 Å². The van der Waals surface area contributed by atoms with E-state index < -0.39 is 29.5 Å². The second-order valence-electron chi connectivity index (χ2n) is 9.36. The van der Waals surface area contributed by atoms with Gasteiger partial charge in [0.05, 0.1) is 25.4 Å². The summed E-state index contributed by atoms with van der Waals surface area (Å²) in [7, 11) is 2.94. The van der Waals surface area contributed by atoms with Crippen LogP contribution in [0, 0.1) is 11.6 Å². The maximum absolute atomic E-state index is 14.9. The highest BCUT2D eigenvalue weighted by atomic mass is 19.1. The topological polar surface area (TPSA) is 98.6 Å². The fraction of sp³-hybridized carbons (Fsp3) is 0.161. The number of hydrogen-bond donors (Lipinski definition) is 1. The Kier molecular flexibility index (Phi) is 8.37. The monoisotopic (exact) mass is 571 g/mol. The summed E-state index contributed by atoms with van der Waals surface area (Å²) in [5.41, 5.74) is 2.02. The van der Waals surface area contributed by atoms with Crippen LogP contribution in [0.2, 0.25) is 0 Å². The number of aromatic nitrogens is 3. The smallest absolute Gasteiger partial charge is 0.251 e. The summed E-state index contributed by atoms with van der Waals surface area (Å²) in [6.07, 6.45) is 0. The Balaban J connectivity index is 1.57. The molecule has 1 unspecified atom stereocenters. The van der Waals surface area contributed by atoms with Crippen LogP contribution in [0.15, 0.2) is 91.0 Å². The molecule has 0 saturated carbocycles. The quantitative estimate of drug-likeness (QED) is 0.250. The van der Waals surface area contributed by atoms with Gasteiger partial charge in [-0.3, -0.25) is 9.59 Å². The summed E-state index contributed by atoms with van der Waals surface area (Å²) in [6, 6.07) is 21.9. The third-order valence-corrected chi connectivity index (χ3v) is 6.74. The van der Waals surface area contributed by atoms with E-state index in [4.69, 9.17) is 9.47 Å². The van der Waals surface area contributed by atoms with Crippen LogP contribution in [-0.4, -0.2) is 45.9 Å². The summed E-state index contributed by atoms with van der Waals surface area (Å²) in [5.74, 6) is -1.40. The summed E-state index contributed by atoms with van der Waals surface area (Å²) < 4.78 is 40.9. The van der Waals surface area contributed by atoms with E-state index in [1.165, 1.54) is 66.3 Å². The molecule has 0 spiro atoms. The van der Waals surface area contributed by atoms with E-state index >= 15 is 0 Å². The van der Waals surface area contributed by atoms with Crippen LogP contribution in [0.5, 0.6) is 11.5 Å². The van der Waals surface area contributed by atoms with Crippen molar-refractivity contribution in [2.24, 2.45) is 0 Å². The number of benzene rings is 4. The minimum Gasteiger partial charge on any atom is -0.497 e. The average Bonchev–Trinajstić information content (AvgIpc) is 3.41. The molecule has 0 bridgehead atoms. The number of anilines is 1. The van der Waals surface area contributed by atoms with E-state index in [1.807, 2.05) is 0 Å². The molecule has 214 valence electrons. The molecule has 0 aliphatic carbocycles. The van der Waals surface area contributed by atoms with Gasteiger partial charge in [-0.2, -0.15) is 0 Å². The van der Waals surface area contributed by atoms with Crippen LogP contribution in [0.3, 0.4) is 0 Å². The lowest BCUT2D eigenvalue weighted by Gasteiger charge is -2.32. The van der Waals surface area contributed by atoms with Gasteiger partial charge in [-0.05, 0) is 48.0 Å². The van der Waals surface area contributed by atoms with Crippen LogP contribution in [0.4, 0.5) is 14.5 Å². The maximum atomic E-state index is 14.9. The first-order chi connectivity index (χ1) is 20.4. The first kappa shape index (κ1) is 28.2. The molecule has 4 aromatic carbocycles. The second-order valence-corrected chi connectivity index (χ2v) is 9.36. The van der Waals surface area contributed by atoms with E-state index in [-0.39, 0.29) is 18.7 Å². The number of halogens is 2. The van der Waals surface area contributed by atoms with Gasteiger partial charge in [0.15, 0.2) is 0 Å². The van der Waals surface area contributed by atoms with Gasteiger partial charge in [0.1, 0.15) is 41.2 Å². The summed E-state index contributed by atoms with van der Waals surface area (Å²) in [5, 5.41) is 11.0. The number of para-hydroxylation sites is 1. The molecular weight excluding hydrogens is 544 g/mol. The molecule has 0 radical (unpaired) electrons. The van der Waals surface area contributed by atoms with Crippen molar-refractivity contribution in [3.63, 3.8) is 0 Å². The van der Waals surface area contributed by atoms with Gasteiger partial charge in [0.25, 0.3) is 5.91 Å². The molecule has 0 aliphatic rings. The normalized spacial score (nSPS) is 11.6. The van der Waals surface area contributed by atoms with Crippen molar-refractivity contribution in [1.82, 2.24) is 19.9 Å². The second kappa shape index (κ2) is 12.5. The van der Waals surface area contributed by atoms with E-state index in [9.17, 15) is 18.4 Å². The first-order valence-electron chi connectivity index (χ1n) is 13.0. The Morgan fingerprint density at radius 3 is 2.40 bits per heavy atom. The zero-order chi connectivity index (χ0) is 29.6. The zero-order valence-electron chi connectivity index (χ0n) is 22.8. The number of hydrogen-bond acceptors (Lipinski definition) is 6. The standard InChI is InChI=1S/C31H27F2N5O4/c1-41-23-15-16-26(28(17-23)42-2)34-31(40)30(20-11-13-22(32)14-12-20)37(18-21-7-3-4-8-24(21)33)29(39)19-38-27-10-6-5-9-25(27)35-36-38/h3-17,30H,18-19H2,1-2H3,(H,34,40). The Hall–Kier alpha value is -5.32. The zero-order valence-corrected chi connectivity index (χ0v) is 22.8. The number of amides is 2. The van der Waals surface area contributed by atoms with Crippen LogP contribution in [0.1, 0.15) is 17.2 Å². The predicted octanol–water partition coefficient (Wildman–Crippen LogP) is 5.14. The molecule has 5 aromatic rings. The molecule has 0 aliphatic heterocycles. The largest absolute Gasteiger partial charge is 0.497 e. The Bertz CT molecular complexity index is 1720. The van der Waals surface area contributed by atoms with Crippen LogP contribution in [0.25, 0.3) is 11.0 Å². The number of fused-ring (bicyclic) bond motifs is 1. The number of methoxy groups -OCH3 is 2. The fourth-order valence-electron chi connectivity index (χ4n) is 4.61. The van der Waals surface area contributed by atoms with Gasteiger partial charge >= 0.3 is 0 Å². The van der Waals surface area contributed by atoms with Crippen LogP contribution >= 0.6 is 0 Å².